The molecule has 0 fully saturated rings. The van der Waals surface area contributed by atoms with E-state index < -0.39 is 11.9 Å². The van der Waals surface area contributed by atoms with Crippen molar-refractivity contribution in [3.05, 3.63) is 34.9 Å². The summed E-state index contributed by atoms with van der Waals surface area (Å²) >= 11 is 5.71. The van der Waals surface area contributed by atoms with Crippen molar-refractivity contribution in [1.29, 1.82) is 0 Å². The van der Waals surface area contributed by atoms with Gasteiger partial charge in [-0.15, -0.1) is 0 Å². The maximum atomic E-state index is 11.5. The smallest absolute Gasteiger partial charge is 0.247 e. The second-order valence-electron chi connectivity index (χ2n) is 3.59. The van der Waals surface area contributed by atoms with Gasteiger partial charge in [0.1, 0.15) is 0 Å². The number of hydrogen-bond donors (Lipinski definition) is 0. The topological polar surface area (TPSA) is 52.6 Å². The van der Waals surface area contributed by atoms with Crippen LogP contribution in [-0.4, -0.2) is 11.9 Å². The van der Waals surface area contributed by atoms with Crippen LogP contribution in [0.3, 0.4) is 0 Å². The van der Waals surface area contributed by atoms with Gasteiger partial charge in [-0.3, -0.25) is 0 Å². The zero-order chi connectivity index (χ0) is 12.8. The highest BCUT2D eigenvalue weighted by atomic mass is 35.5. The molecule has 0 N–H and O–H groups in total. The summed E-state index contributed by atoms with van der Waals surface area (Å²) in [4.78, 5) is 31.5. The van der Waals surface area contributed by atoms with Crippen molar-refractivity contribution in [1.82, 2.24) is 0 Å². The highest BCUT2D eigenvalue weighted by Gasteiger charge is 2.17. The molecular formula is C12H13ClO4. The molecule has 0 aliphatic heterocycles. The van der Waals surface area contributed by atoms with Crippen molar-refractivity contribution in [2.24, 2.45) is 5.92 Å². The minimum Gasteiger partial charge on any atom is -0.247 e. The lowest BCUT2D eigenvalue weighted by molar-refractivity contribution is -0.238. The fraction of sp³-hybridized carbons (Fsp3) is 0.333. The average molecular weight is 257 g/mol. The first-order valence-electron chi connectivity index (χ1n) is 5.22. The van der Waals surface area contributed by atoms with Gasteiger partial charge in [0.15, 0.2) is 0 Å². The fourth-order valence-electron chi connectivity index (χ4n) is 0.991. The summed E-state index contributed by atoms with van der Waals surface area (Å²) in [5.74, 6) is -1.62. The summed E-state index contributed by atoms with van der Waals surface area (Å²) in [7, 11) is 0. The van der Waals surface area contributed by atoms with Crippen LogP contribution in [0.5, 0.6) is 0 Å². The SMILES string of the molecule is CCC(C)C(=O)OOC(=O)c1cccc(Cl)c1. The summed E-state index contributed by atoms with van der Waals surface area (Å²) in [5.41, 5.74) is 0.231. The molecule has 0 amide bonds. The van der Waals surface area contributed by atoms with Gasteiger partial charge < -0.3 is 0 Å². The number of benzene rings is 1. The van der Waals surface area contributed by atoms with E-state index in [9.17, 15) is 9.59 Å². The highest BCUT2D eigenvalue weighted by molar-refractivity contribution is 6.30. The van der Waals surface area contributed by atoms with E-state index in [0.717, 1.165) is 0 Å². The summed E-state index contributed by atoms with van der Waals surface area (Å²) in [6.45, 7) is 3.53. The third-order valence-corrected chi connectivity index (χ3v) is 2.51. The largest absolute Gasteiger partial charge is 0.386 e. The molecule has 0 saturated heterocycles. The Morgan fingerprint density at radius 1 is 1.35 bits per heavy atom. The lowest BCUT2D eigenvalue weighted by Gasteiger charge is -2.06. The Bertz CT molecular complexity index is 417. The maximum absolute atomic E-state index is 11.5. The van der Waals surface area contributed by atoms with Crippen LogP contribution in [0.25, 0.3) is 0 Å². The third kappa shape index (κ3) is 4.07. The molecule has 0 radical (unpaired) electrons. The summed E-state index contributed by atoms with van der Waals surface area (Å²) in [5, 5.41) is 0.410. The second kappa shape index (κ2) is 6.25. The number of carbonyl (C=O) groups excluding carboxylic acids is 2. The molecule has 0 saturated carbocycles. The van der Waals surface area contributed by atoms with Crippen molar-refractivity contribution < 1.29 is 19.4 Å². The lowest BCUT2D eigenvalue weighted by atomic mass is 10.1. The van der Waals surface area contributed by atoms with Gasteiger partial charge in [-0.25, -0.2) is 19.4 Å². The minimum atomic E-state index is -0.746. The first kappa shape index (κ1) is 13.5. The molecule has 0 aliphatic carbocycles. The molecule has 0 aliphatic rings. The number of carbonyl (C=O) groups is 2. The van der Waals surface area contributed by atoms with Gasteiger partial charge >= 0.3 is 11.9 Å². The van der Waals surface area contributed by atoms with Crippen LogP contribution in [0, 0.1) is 5.92 Å². The Hall–Kier alpha value is -1.55. The standard InChI is InChI=1S/C12H13ClO4/c1-3-8(2)11(14)16-17-12(15)9-5-4-6-10(13)7-9/h4-8H,3H2,1-2H3. The average Bonchev–Trinajstić information content (AvgIpc) is 2.34. The van der Waals surface area contributed by atoms with Crippen LogP contribution < -0.4 is 0 Å². The number of halogens is 1. The quantitative estimate of drug-likeness (QED) is 0.616. The van der Waals surface area contributed by atoms with E-state index in [1.165, 1.54) is 12.1 Å². The second-order valence-corrected chi connectivity index (χ2v) is 4.03. The Kier molecular flexibility index (Phi) is 4.97. The molecule has 5 heteroatoms. The monoisotopic (exact) mass is 256 g/mol. The van der Waals surface area contributed by atoms with Crippen molar-refractivity contribution in [3.63, 3.8) is 0 Å². The molecule has 1 rings (SSSR count). The third-order valence-electron chi connectivity index (χ3n) is 2.27. The summed E-state index contributed by atoms with van der Waals surface area (Å²) in [6, 6.07) is 6.19. The Morgan fingerprint density at radius 3 is 2.65 bits per heavy atom. The lowest BCUT2D eigenvalue weighted by Crippen LogP contribution is -2.17. The van der Waals surface area contributed by atoms with Gasteiger partial charge in [0, 0.05) is 5.02 Å². The first-order chi connectivity index (χ1) is 8.04. The zero-order valence-corrected chi connectivity index (χ0v) is 10.4. The summed E-state index contributed by atoms with van der Waals surface area (Å²) in [6.07, 6.45) is 0.619. The van der Waals surface area contributed by atoms with Crippen LogP contribution >= 0.6 is 11.6 Å². The van der Waals surface area contributed by atoms with Crippen LogP contribution in [-0.2, 0) is 14.6 Å². The molecule has 0 aromatic heterocycles. The van der Waals surface area contributed by atoms with E-state index in [2.05, 4.69) is 9.78 Å². The molecule has 1 aromatic rings. The molecule has 1 unspecified atom stereocenters. The van der Waals surface area contributed by atoms with Crippen LogP contribution in [0.1, 0.15) is 30.6 Å². The van der Waals surface area contributed by atoms with E-state index in [0.29, 0.717) is 11.4 Å². The predicted octanol–water partition coefficient (Wildman–Crippen LogP) is 3.00. The van der Waals surface area contributed by atoms with Crippen molar-refractivity contribution in [2.75, 3.05) is 0 Å². The zero-order valence-electron chi connectivity index (χ0n) is 9.60. The van der Waals surface area contributed by atoms with Crippen LogP contribution in [0.2, 0.25) is 5.02 Å². The Morgan fingerprint density at radius 2 is 2.06 bits per heavy atom. The van der Waals surface area contributed by atoms with E-state index in [1.807, 2.05) is 6.92 Å². The molecular weight excluding hydrogens is 244 g/mol. The van der Waals surface area contributed by atoms with Crippen LogP contribution in [0.15, 0.2) is 24.3 Å². The normalized spacial score (nSPS) is 11.7. The molecule has 1 aromatic carbocycles. The van der Waals surface area contributed by atoms with Gasteiger partial charge in [0.05, 0.1) is 11.5 Å². The molecule has 0 bridgehead atoms. The molecule has 4 nitrogen and oxygen atoms in total. The van der Waals surface area contributed by atoms with Gasteiger partial charge in [0.25, 0.3) is 0 Å². The maximum Gasteiger partial charge on any atom is 0.386 e. The van der Waals surface area contributed by atoms with Gasteiger partial charge in [-0.2, -0.15) is 0 Å². The number of hydrogen-bond acceptors (Lipinski definition) is 4. The van der Waals surface area contributed by atoms with E-state index in [-0.39, 0.29) is 11.5 Å². The molecule has 1 atom stereocenters. The van der Waals surface area contributed by atoms with Crippen molar-refractivity contribution in [3.8, 4) is 0 Å². The van der Waals surface area contributed by atoms with Gasteiger partial charge in [-0.1, -0.05) is 31.5 Å². The predicted molar refractivity (Wildman–Crippen MR) is 62.4 cm³/mol. The van der Waals surface area contributed by atoms with Gasteiger partial charge in [-0.05, 0) is 24.6 Å². The Labute approximate surface area is 104 Å². The minimum absolute atomic E-state index is 0.231. The number of rotatable bonds is 3. The van der Waals surface area contributed by atoms with Crippen molar-refractivity contribution in [2.45, 2.75) is 20.3 Å². The van der Waals surface area contributed by atoms with E-state index in [1.54, 1.807) is 19.1 Å². The molecule has 92 valence electrons. The molecule has 17 heavy (non-hydrogen) atoms. The molecule has 0 spiro atoms. The van der Waals surface area contributed by atoms with Crippen LogP contribution in [0.4, 0.5) is 0 Å². The van der Waals surface area contributed by atoms with Crippen molar-refractivity contribution >= 4 is 23.5 Å². The van der Waals surface area contributed by atoms with E-state index >= 15 is 0 Å². The Balaban J connectivity index is 2.53. The van der Waals surface area contributed by atoms with Gasteiger partial charge in [0.2, 0.25) is 0 Å². The summed E-state index contributed by atoms with van der Waals surface area (Å²) < 4.78 is 0. The molecule has 0 heterocycles. The first-order valence-corrected chi connectivity index (χ1v) is 5.60. The highest BCUT2D eigenvalue weighted by Crippen LogP contribution is 2.12. The van der Waals surface area contributed by atoms with E-state index in [4.69, 9.17) is 11.6 Å². The fourth-order valence-corrected chi connectivity index (χ4v) is 1.18.